The molecule has 0 aliphatic heterocycles. The molecule has 11 rings (SSSR count). The van der Waals surface area contributed by atoms with Crippen LogP contribution in [0.15, 0.2) is 167 Å². The molecule has 4 aromatic heterocycles. The molecular formula is C45H26N4O2. The first-order valence-corrected chi connectivity index (χ1v) is 16.9. The van der Waals surface area contributed by atoms with Crippen molar-refractivity contribution in [2.75, 3.05) is 0 Å². The van der Waals surface area contributed by atoms with Crippen LogP contribution in [0.3, 0.4) is 0 Å². The minimum Gasteiger partial charge on any atom is -0.456 e. The first-order valence-electron chi connectivity index (χ1n) is 16.9. The minimum absolute atomic E-state index is 0.569. The molecule has 4 heterocycles. The average molecular weight is 655 g/mol. The molecule has 0 radical (unpaired) electrons. The van der Waals surface area contributed by atoms with Crippen molar-refractivity contribution in [3.05, 3.63) is 158 Å². The highest BCUT2D eigenvalue weighted by Crippen LogP contribution is 2.39. The number of hydrogen-bond donors (Lipinski definition) is 0. The van der Waals surface area contributed by atoms with E-state index in [0.29, 0.717) is 17.5 Å². The second-order valence-electron chi connectivity index (χ2n) is 12.8. The zero-order valence-corrected chi connectivity index (χ0v) is 27.1. The SMILES string of the molecule is c1ccc(-c2nc(-c3ccc4c(c3)oc3ccccc34)nc(-c3cccc4oc5cc(-n6c7ccccc7c7ccccc76)ccc5c34)n2)cc1. The number of benzene rings is 7. The Kier molecular flexibility index (Phi) is 5.86. The molecule has 0 bridgehead atoms. The summed E-state index contributed by atoms with van der Waals surface area (Å²) in [6, 6.07) is 53.9. The summed E-state index contributed by atoms with van der Waals surface area (Å²) < 4.78 is 15.1. The van der Waals surface area contributed by atoms with E-state index in [1.807, 2.05) is 66.7 Å². The van der Waals surface area contributed by atoms with Gasteiger partial charge in [-0.2, -0.15) is 0 Å². The van der Waals surface area contributed by atoms with Crippen molar-refractivity contribution in [2.24, 2.45) is 0 Å². The van der Waals surface area contributed by atoms with Gasteiger partial charge in [0.1, 0.15) is 22.3 Å². The molecule has 0 aliphatic rings. The van der Waals surface area contributed by atoms with Gasteiger partial charge in [0, 0.05) is 60.8 Å². The van der Waals surface area contributed by atoms with Gasteiger partial charge in [-0.15, -0.1) is 0 Å². The summed E-state index contributed by atoms with van der Waals surface area (Å²) in [5, 5.41) is 6.54. The van der Waals surface area contributed by atoms with Gasteiger partial charge in [-0.1, -0.05) is 103 Å². The number of hydrogen-bond acceptors (Lipinski definition) is 5. The van der Waals surface area contributed by atoms with E-state index in [1.165, 1.54) is 10.8 Å². The van der Waals surface area contributed by atoms with Gasteiger partial charge in [0.25, 0.3) is 0 Å². The Bertz CT molecular complexity index is 3100. The largest absolute Gasteiger partial charge is 0.456 e. The van der Waals surface area contributed by atoms with Crippen molar-refractivity contribution in [3.63, 3.8) is 0 Å². The van der Waals surface area contributed by atoms with E-state index >= 15 is 0 Å². The molecule has 51 heavy (non-hydrogen) atoms. The summed E-state index contributed by atoms with van der Waals surface area (Å²) in [6.45, 7) is 0. The molecule has 238 valence electrons. The molecule has 0 N–H and O–H groups in total. The lowest BCUT2D eigenvalue weighted by Gasteiger charge is -2.09. The first-order chi connectivity index (χ1) is 25.3. The standard InChI is InChI=1S/C45H26N4O2/c1-2-11-27(12-3-1)43-46-44(28-21-23-33-32-15-6-9-19-38(32)50-40(33)25-28)48-45(47-43)35-16-10-20-39-42(35)34-24-22-29(26-41(34)51-39)49-36-17-7-4-13-30(36)31-14-5-8-18-37(31)49/h1-26H. The van der Waals surface area contributed by atoms with E-state index in [9.17, 15) is 0 Å². The molecule has 0 fully saturated rings. The maximum absolute atomic E-state index is 6.59. The summed E-state index contributed by atoms with van der Waals surface area (Å²) in [6.07, 6.45) is 0. The highest BCUT2D eigenvalue weighted by atomic mass is 16.3. The van der Waals surface area contributed by atoms with Gasteiger partial charge < -0.3 is 13.4 Å². The maximum Gasteiger partial charge on any atom is 0.164 e. The molecule has 0 spiro atoms. The Morgan fingerprint density at radius 1 is 0.373 bits per heavy atom. The quantitative estimate of drug-likeness (QED) is 0.189. The third-order valence-corrected chi connectivity index (χ3v) is 9.86. The van der Waals surface area contributed by atoms with Crippen molar-refractivity contribution in [3.8, 4) is 39.9 Å². The predicted molar refractivity (Wildman–Crippen MR) is 205 cm³/mol. The molecule has 11 aromatic rings. The molecule has 6 heteroatoms. The Morgan fingerprint density at radius 2 is 0.961 bits per heavy atom. The normalized spacial score (nSPS) is 11.9. The summed E-state index contributed by atoms with van der Waals surface area (Å²) in [7, 11) is 0. The number of nitrogens with zero attached hydrogens (tertiary/aromatic N) is 4. The fourth-order valence-electron chi connectivity index (χ4n) is 7.55. The summed E-state index contributed by atoms with van der Waals surface area (Å²) >= 11 is 0. The van der Waals surface area contributed by atoms with Gasteiger partial charge in [-0.25, -0.2) is 15.0 Å². The van der Waals surface area contributed by atoms with Crippen molar-refractivity contribution in [2.45, 2.75) is 0 Å². The molecule has 6 nitrogen and oxygen atoms in total. The fraction of sp³-hybridized carbons (Fsp3) is 0. The van der Waals surface area contributed by atoms with Crippen LogP contribution in [-0.2, 0) is 0 Å². The van der Waals surface area contributed by atoms with Crippen LogP contribution in [0.25, 0.3) is 106 Å². The van der Waals surface area contributed by atoms with Crippen LogP contribution < -0.4 is 0 Å². The highest BCUT2D eigenvalue weighted by molar-refractivity contribution is 6.13. The van der Waals surface area contributed by atoms with Crippen molar-refractivity contribution < 1.29 is 8.83 Å². The zero-order chi connectivity index (χ0) is 33.5. The van der Waals surface area contributed by atoms with Crippen LogP contribution in [0, 0.1) is 0 Å². The lowest BCUT2D eigenvalue weighted by molar-refractivity contribution is 0.668. The van der Waals surface area contributed by atoms with E-state index in [4.69, 9.17) is 23.8 Å². The monoisotopic (exact) mass is 654 g/mol. The van der Waals surface area contributed by atoms with Crippen molar-refractivity contribution in [1.82, 2.24) is 19.5 Å². The molecule has 0 amide bonds. The minimum atomic E-state index is 0.569. The van der Waals surface area contributed by atoms with E-state index in [1.54, 1.807) is 0 Å². The first kappa shape index (κ1) is 27.9. The number of furan rings is 2. The van der Waals surface area contributed by atoms with Crippen molar-refractivity contribution in [1.29, 1.82) is 0 Å². The van der Waals surface area contributed by atoms with Gasteiger partial charge >= 0.3 is 0 Å². The van der Waals surface area contributed by atoms with Gasteiger partial charge in [0.05, 0.1) is 11.0 Å². The van der Waals surface area contributed by atoms with Crippen LogP contribution in [0.2, 0.25) is 0 Å². The van der Waals surface area contributed by atoms with E-state index < -0.39 is 0 Å². The number of para-hydroxylation sites is 3. The topological polar surface area (TPSA) is 69.9 Å². The molecule has 0 saturated heterocycles. The Hall–Kier alpha value is -7.05. The number of fused-ring (bicyclic) bond motifs is 9. The smallest absolute Gasteiger partial charge is 0.164 e. The Labute approximate surface area is 290 Å². The van der Waals surface area contributed by atoms with Crippen LogP contribution >= 0.6 is 0 Å². The Balaban J connectivity index is 1.11. The highest BCUT2D eigenvalue weighted by Gasteiger charge is 2.20. The summed E-state index contributed by atoms with van der Waals surface area (Å²) in [4.78, 5) is 15.2. The predicted octanol–water partition coefficient (Wildman–Crippen LogP) is 11.8. The third-order valence-electron chi connectivity index (χ3n) is 9.86. The van der Waals surface area contributed by atoms with Gasteiger partial charge in [0.15, 0.2) is 17.5 Å². The lowest BCUT2D eigenvalue weighted by atomic mass is 10.0. The fourth-order valence-corrected chi connectivity index (χ4v) is 7.55. The van der Waals surface area contributed by atoms with Crippen LogP contribution in [0.1, 0.15) is 0 Å². The second kappa shape index (κ2) is 10.7. The molecule has 0 atom stereocenters. The third kappa shape index (κ3) is 4.26. The second-order valence-corrected chi connectivity index (χ2v) is 12.8. The number of rotatable bonds is 4. The molecule has 0 saturated carbocycles. The lowest BCUT2D eigenvalue weighted by Crippen LogP contribution is -2.00. The van der Waals surface area contributed by atoms with Gasteiger partial charge in [-0.3, -0.25) is 0 Å². The van der Waals surface area contributed by atoms with Crippen LogP contribution in [0.5, 0.6) is 0 Å². The van der Waals surface area contributed by atoms with Gasteiger partial charge in [-0.05, 0) is 48.5 Å². The summed E-state index contributed by atoms with van der Waals surface area (Å²) in [5.41, 5.74) is 9.19. The molecular weight excluding hydrogens is 629 g/mol. The number of aromatic nitrogens is 4. The molecule has 0 aliphatic carbocycles. The van der Waals surface area contributed by atoms with E-state index in [2.05, 4.69) is 95.6 Å². The molecule has 7 aromatic carbocycles. The molecule has 0 unspecified atom stereocenters. The van der Waals surface area contributed by atoms with Crippen LogP contribution in [0.4, 0.5) is 0 Å². The van der Waals surface area contributed by atoms with E-state index in [0.717, 1.165) is 77.3 Å². The van der Waals surface area contributed by atoms with E-state index in [-0.39, 0.29) is 0 Å². The maximum atomic E-state index is 6.59. The Morgan fingerprint density at radius 3 is 1.76 bits per heavy atom. The average Bonchev–Trinajstić information content (AvgIpc) is 3.87. The zero-order valence-electron chi connectivity index (χ0n) is 27.1. The summed E-state index contributed by atoms with van der Waals surface area (Å²) in [5.74, 6) is 1.74. The van der Waals surface area contributed by atoms with Crippen molar-refractivity contribution >= 4 is 65.7 Å². The van der Waals surface area contributed by atoms with Crippen LogP contribution in [-0.4, -0.2) is 19.5 Å². The van der Waals surface area contributed by atoms with Gasteiger partial charge in [0.2, 0.25) is 0 Å².